The number of ether oxygens (including phenoxy) is 1. The summed E-state index contributed by atoms with van der Waals surface area (Å²) in [6.07, 6.45) is 0. The molecule has 1 aromatic rings. The van der Waals surface area contributed by atoms with Crippen molar-refractivity contribution in [3.63, 3.8) is 0 Å². The van der Waals surface area contributed by atoms with Gasteiger partial charge in [-0.15, -0.1) is 0 Å². The van der Waals surface area contributed by atoms with Gasteiger partial charge in [-0.05, 0) is 19.1 Å². The molecule has 2 amide bonds. The zero-order valence-corrected chi connectivity index (χ0v) is 11.7. The molecular weight excluding hydrogens is 258 g/mol. The van der Waals surface area contributed by atoms with Crippen LogP contribution >= 0.6 is 0 Å². The van der Waals surface area contributed by atoms with Crippen LogP contribution in [0.25, 0.3) is 0 Å². The normalized spacial score (nSPS) is 16.1. The lowest BCUT2D eigenvalue weighted by atomic mass is 10.0. The van der Waals surface area contributed by atoms with Crippen molar-refractivity contribution in [2.75, 3.05) is 32.1 Å². The molecule has 1 aliphatic rings. The standard InChI is InChI=1S/C14H19N3O3/c1-14(8-16-9-14)20-7-12(18)17-11-6-4-3-5-10(11)13(19)15-2/h3-6,16H,7-9H2,1-2H3,(H,15,19)(H,17,18). The third kappa shape index (κ3) is 3.34. The van der Waals surface area contributed by atoms with Crippen molar-refractivity contribution in [2.45, 2.75) is 12.5 Å². The monoisotopic (exact) mass is 277 g/mol. The Morgan fingerprint density at radius 2 is 2.05 bits per heavy atom. The lowest BCUT2D eigenvalue weighted by molar-refractivity contribution is -0.130. The summed E-state index contributed by atoms with van der Waals surface area (Å²) < 4.78 is 5.55. The van der Waals surface area contributed by atoms with Crippen molar-refractivity contribution in [3.8, 4) is 0 Å². The van der Waals surface area contributed by atoms with Crippen molar-refractivity contribution in [1.82, 2.24) is 10.6 Å². The number of anilines is 1. The predicted molar refractivity (Wildman–Crippen MR) is 75.7 cm³/mol. The average molecular weight is 277 g/mol. The lowest BCUT2D eigenvalue weighted by Crippen LogP contribution is -2.59. The van der Waals surface area contributed by atoms with Gasteiger partial charge in [0.25, 0.3) is 5.91 Å². The Kier molecular flexibility index (Phi) is 4.36. The van der Waals surface area contributed by atoms with Gasteiger partial charge in [0.15, 0.2) is 0 Å². The van der Waals surface area contributed by atoms with Crippen LogP contribution in [0.3, 0.4) is 0 Å². The van der Waals surface area contributed by atoms with E-state index in [0.717, 1.165) is 13.1 Å². The quantitative estimate of drug-likeness (QED) is 0.726. The van der Waals surface area contributed by atoms with Crippen LogP contribution in [0, 0.1) is 0 Å². The van der Waals surface area contributed by atoms with E-state index in [0.29, 0.717) is 11.3 Å². The van der Waals surface area contributed by atoms with Gasteiger partial charge >= 0.3 is 0 Å². The molecule has 1 aliphatic heterocycles. The van der Waals surface area contributed by atoms with E-state index in [1.807, 2.05) is 6.92 Å². The highest BCUT2D eigenvalue weighted by Gasteiger charge is 2.33. The molecule has 1 saturated heterocycles. The summed E-state index contributed by atoms with van der Waals surface area (Å²) in [6, 6.07) is 6.86. The smallest absolute Gasteiger partial charge is 0.253 e. The molecule has 20 heavy (non-hydrogen) atoms. The Morgan fingerprint density at radius 1 is 1.35 bits per heavy atom. The molecule has 108 valence electrons. The van der Waals surface area contributed by atoms with Crippen LogP contribution in [0.4, 0.5) is 5.69 Å². The number of carbonyl (C=O) groups is 2. The Bertz CT molecular complexity index is 512. The van der Waals surface area contributed by atoms with Gasteiger partial charge in [0, 0.05) is 20.1 Å². The number of rotatable bonds is 5. The average Bonchev–Trinajstić information content (AvgIpc) is 2.43. The fourth-order valence-electron chi connectivity index (χ4n) is 1.93. The number of nitrogens with one attached hydrogen (secondary N) is 3. The van der Waals surface area contributed by atoms with Crippen LogP contribution in [0.5, 0.6) is 0 Å². The van der Waals surface area contributed by atoms with Crippen molar-refractivity contribution >= 4 is 17.5 Å². The lowest BCUT2D eigenvalue weighted by Gasteiger charge is -2.38. The van der Waals surface area contributed by atoms with Crippen LogP contribution in [-0.2, 0) is 9.53 Å². The Labute approximate surface area is 117 Å². The minimum absolute atomic E-state index is 0.0275. The molecule has 1 fully saturated rings. The van der Waals surface area contributed by atoms with Crippen molar-refractivity contribution < 1.29 is 14.3 Å². The molecule has 0 atom stereocenters. The molecule has 6 heteroatoms. The second kappa shape index (κ2) is 6.02. The highest BCUT2D eigenvalue weighted by Crippen LogP contribution is 2.17. The molecule has 3 N–H and O–H groups in total. The van der Waals surface area contributed by atoms with Gasteiger partial charge in [-0.25, -0.2) is 0 Å². The van der Waals surface area contributed by atoms with Gasteiger partial charge < -0.3 is 20.7 Å². The molecule has 0 unspecified atom stereocenters. The maximum atomic E-state index is 11.9. The van der Waals surface area contributed by atoms with E-state index in [9.17, 15) is 9.59 Å². The summed E-state index contributed by atoms with van der Waals surface area (Å²) in [5, 5.41) is 8.34. The first-order chi connectivity index (χ1) is 9.54. The highest BCUT2D eigenvalue weighted by atomic mass is 16.5. The molecule has 0 radical (unpaired) electrons. The summed E-state index contributed by atoms with van der Waals surface area (Å²) in [5.41, 5.74) is 0.648. The van der Waals surface area contributed by atoms with E-state index in [1.54, 1.807) is 31.3 Å². The Hall–Kier alpha value is -1.92. The van der Waals surface area contributed by atoms with E-state index >= 15 is 0 Å². The second-order valence-electron chi connectivity index (χ2n) is 5.02. The topological polar surface area (TPSA) is 79.5 Å². The zero-order chi connectivity index (χ0) is 14.6. The minimum Gasteiger partial charge on any atom is -0.363 e. The van der Waals surface area contributed by atoms with Gasteiger partial charge in [0.05, 0.1) is 16.9 Å². The third-order valence-corrected chi connectivity index (χ3v) is 3.22. The number of hydrogen-bond donors (Lipinski definition) is 3. The van der Waals surface area contributed by atoms with E-state index in [2.05, 4.69) is 16.0 Å². The number of carbonyl (C=O) groups excluding carboxylic acids is 2. The molecule has 0 spiro atoms. The van der Waals surface area contributed by atoms with Crippen LogP contribution < -0.4 is 16.0 Å². The molecule has 0 saturated carbocycles. The Morgan fingerprint density at radius 3 is 2.65 bits per heavy atom. The van der Waals surface area contributed by atoms with Crippen LogP contribution in [0.2, 0.25) is 0 Å². The van der Waals surface area contributed by atoms with Crippen LogP contribution in [0.15, 0.2) is 24.3 Å². The van der Waals surface area contributed by atoms with Crippen molar-refractivity contribution in [3.05, 3.63) is 29.8 Å². The number of benzene rings is 1. The van der Waals surface area contributed by atoms with Gasteiger partial charge in [-0.3, -0.25) is 9.59 Å². The first-order valence-corrected chi connectivity index (χ1v) is 6.50. The molecule has 6 nitrogen and oxygen atoms in total. The molecule has 0 aliphatic carbocycles. The summed E-state index contributed by atoms with van der Waals surface area (Å²) in [4.78, 5) is 23.6. The van der Waals surface area contributed by atoms with Gasteiger partial charge in [-0.1, -0.05) is 12.1 Å². The first kappa shape index (κ1) is 14.5. The molecule has 2 rings (SSSR count). The number of hydrogen-bond acceptors (Lipinski definition) is 4. The van der Waals surface area contributed by atoms with E-state index in [-0.39, 0.29) is 24.0 Å². The maximum absolute atomic E-state index is 11.9. The summed E-state index contributed by atoms with van der Waals surface area (Å²) in [6.45, 7) is 3.42. The number of amides is 2. The first-order valence-electron chi connectivity index (χ1n) is 6.50. The minimum atomic E-state index is -0.269. The third-order valence-electron chi connectivity index (χ3n) is 3.22. The fourth-order valence-corrected chi connectivity index (χ4v) is 1.93. The van der Waals surface area contributed by atoms with Crippen LogP contribution in [0.1, 0.15) is 17.3 Å². The van der Waals surface area contributed by atoms with E-state index in [4.69, 9.17) is 4.74 Å². The van der Waals surface area contributed by atoms with Crippen LogP contribution in [-0.4, -0.2) is 44.2 Å². The molecule has 1 heterocycles. The molecule has 0 aromatic heterocycles. The maximum Gasteiger partial charge on any atom is 0.253 e. The SMILES string of the molecule is CNC(=O)c1ccccc1NC(=O)COC1(C)CNC1. The Balaban J connectivity index is 1.95. The summed E-state index contributed by atoms with van der Waals surface area (Å²) >= 11 is 0. The van der Waals surface area contributed by atoms with E-state index in [1.165, 1.54) is 0 Å². The molecule has 0 bridgehead atoms. The van der Waals surface area contributed by atoms with Gasteiger partial charge in [0.2, 0.25) is 5.91 Å². The van der Waals surface area contributed by atoms with Crippen molar-refractivity contribution in [2.24, 2.45) is 0 Å². The zero-order valence-electron chi connectivity index (χ0n) is 11.7. The van der Waals surface area contributed by atoms with Crippen molar-refractivity contribution in [1.29, 1.82) is 0 Å². The molecular formula is C14H19N3O3. The van der Waals surface area contributed by atoms with Gasteiger partial charge in [0.1, 0.15) is 6.61 Å². The largest absolute Gasteiger partial charge is 0.363 e. The van der Waals surface area contributed by atoms with Gasteiger partial charge in [-0.2, -0.15) is 0 Å². The summed E-state index contributed by atoms with van der Waals surface area (Å²) in [5.74, 6) is -0.508. The fraction of sp³-hybridized carbons (Fsp3) is 0.429. The predicted octanol–water partition coefficient (Wildman–Crippen LogP) is 0.363. The number of para-hydroxylation sites is 1. The second-order valence-corrected chi connectivity index (χ2v) is 5.02. The molecule has 1 aromatic carbocycles. The summed E-state index contributed by atoms with van der Waals surface area (Å²) in [7, 11) is 1.55. The van der Waals surface area contributed by atoms with E-state index < -0.39 is 0 Å². The highest BCUT2D eigenvalue weighted by molar-refractivity contribution is 6.03.